The van der Waals surface area contributed by atoms with Crippen LogP contribution in [0.4, 0.5) is 10.5 Å². The molecule has 1 aromatic carbocycles. The van der Waals surface area contributed by atoms with Crippen molar-refractivity contribution < 1.29 is 19.4 Å². The van der Waals surface area contributed by atoms with E-state index in [1.54, 1.807) is 24.3 Å². The van der Waals surface area contributed by atoms with Crippen LogP contribution in [0.15, 0.2) is 24.3 Å². The Hall–Kier alpha value is -2.59. The summed E-state index contributed by atoms with van der Waals surface area (Å²) in [6.07, 6.45) is -1.11. The van der Waals surface area contributed by atoms with Crippen LogP contribution >= 0.6 is 0 Å². The van der Waals surface area contributed by atoms with Crippen LogP contribution in [0, 0.1) is 11.3 Å². The maximum absolute atomic E-state index is 11.9. The summed E-state index contributed by atoms with van der Waals surface area (Å²) in [4.78, 5) is 23.9. The summed E-state index contributed by atoms with van der Waals surface area (Å²) in [6, 6.07) is 8.08. The molecule has 2 amide bonds. The van der Waals surface area contributed by atoms with E-state index < -0.39 is 18.1 Å². The van der Waals surface area contributed by atoms with E-state index in [0.717, 1.165) is 0 Å². The molecule has 7 heteroatoms. The standard InChI is InChI=1S/C13H15N3O4/c1-16(10-6-4-3-5-9(10)7-14)13(19)15-8-11(20-2)12(17)18/h3-6,11H,8H2,1-2H3,(H,15,19)(H,17,18). The van der Waals surface area contributed by atoms with Gasteiger partial charge in [-0.3, -0.25) is 4.90 Å². The normalized spacial score (nSPS) is 11.2. The van der Waals surface area contributed by atoms with Gasteiger partial charge in [0.05, 0.1) is 17.8 Å². The molecule has 0 saturated carbocycles. The van der Waals surface area contributed by atoms with E-state index in [1.807, 2.05) is 6.07 Å². The van der Waals surface area contributed by atoms with Crippen molar-refractivity contribution >= 4 is 17.7 Å². The third-order valence-electron chi connectivity index (χ3n) is 2.69. The maximum atomic E-state index is 11.9. The summed E-state index contributed by atoms with van der Waals surface area (Å²) < 4.78 is 4.71. The summed E-state index contributed by atoms with van der Waals surface area (Å²) in [5.74, 6) is -1.16. The lowest BCUT2D eigenvalue weighted by Crippen LogP contribution is -2.43. The summed E-state index contributed by atoms with van der Waals surface area (Å²) in [5.41, 5.74) is 0.795. The number of anilines is 1. The fraction of sp³-hybridized carbons (Fsp3) is 0.308. The zero-order chi connectivity index (χ0) is 15.1. The molecule has 0 radical (unpaired) electrons. The molecule has 0 aliphatic heterocycles. The first-order valence-corrected chi connectivity index (χ1v) is 5.77. The van der Waals surface area contributed by atoms with Gasteiger partial charge < -0.3 is 15.2 Å². The topological polar surface area (TPSA) is 103 Å². The molecule has 1 rings (SSSR count). The lowest BCUT2D eigenvalue weighted by atomic mass is 10.2. The molecule has 1 unspecified atom stereocenters. The van der Waals surface area contributed by atoms with E-state index in [2.05, 4.69) is 5.32 Å². The van der Waals surface area contributed by atoms with Crippen molar-refractivity contribution in [3.8, 4) is 6.07 Å². The number of carbonyl (C=O) groups is 2. The number of nitrogens with one attached hydrogen (secondary N) is 1. The van der Waals surface area contributed by atoms with Gasteiger partial charge in [0, 0.05) is 14.2 Å². The number of aliphatic carboxylic acids is 1. The van der Waals surface area contributed by atoms with Crippen molar-refractivity contribution in [2.75, 3.05) is 25.6 Å². The first-order chi connectivity index (χ1) is 9.51. The number of nitrogens with zero attached hydrogens (tertiary/aromatic N) is 2. The van der Waals surface area contributed by atoms with Crippen LogP contribution in [-0.4, -0.2) is 43.9 Å². The van der Waals surface area contributed by atoms with Gasteiger partial charge in [0.2, 0.25) is 0 Å². The molecular formula is C13H15N3O4. The van der Waals surface area contributed by atoms with Gasteiger partial charge in [0.15, 0.2) is 6.10 Å². The van der Waals surface area contributed by atoms with Crippen LogP contribution in [0.25, 0.3) is 0 Å². The van der Waals surface area contributed by atoms with Gasteiger partial charge in [0.25, 0.3) is 0 Å². The van der Waals surface area contributed by atoms with Crippen molar-refractivity contribution in [2.45, 2.75) is 6.10 Å². The van der Waals surface area contributed by atoms with Crippen molar-refractivity contribution in [3.63, 3.8) is 0 Å². The number of carbonyl (C=O) groups excluding carboxylic acids is 1. The molecule has 0 spiro atoms. The van der Waals surface area contributed by atoms with E-state index in [0.29, 0.717) is 11.3 Å². The highest BCUT2D eigenvalue weighted by Gasteiger charge is 2.19. The van der Waals surface area contributed by atoms with E-state index in [1.165, 1.54) is 19.1 Å². The fourth-order valence-electron chi connectivity index (χ4n) is 1.54. The molecule has 2 N–H and O–H groups in total. The van der Waals surface area contributed by atoms with Gasteiger partial charge in [-0.05, 0) is 12.1 Å². The van der Waals surface area contributed by atoms with Crippen molar-refractivity contribution in [1.82, 2.24) is 5.32 Å². The lowest BCUT2D eigenvalue weighted by Gasteiger charge is -2.20. The quantitative estimate of drug-likeness (QED) is 0.828. The van der Waals surface area contributed by atoms with Gasteiger partial charge in [0.1, 0.15) is 6.07 Å². The minimum atomic E-state index is -1.16. The molecule has 0 aromatic heterocycles. The second kappa shape index (κ2) is 7.11. The fourth-order valence-corrected chi connectivity index (χ4v) is 1.54. The number of urea groups is 1. The minimum absolute atomic E-state index is 0.163. The molecule has 0 fully saturated rings. The number of benzene rings is 1. The van der Waals surface area contributed by atoms with Gasteiger partial charge in [-0.1, -0.05) is 12.1 Å². The maximum Gasteiger partial charge on any atom is 0.334 e. The summed E-state index contributed by atoms with van der Waals surface area (Å²) in [5, 5.41) is 20.2. The molecule has 0 saturated heterocycles. The second-order valence-corrected chi connectivity index (χ2v) is 3.94. The first kappa shape index (κ1) is 15.5. The smallest absolute Gasteiger partial charge is 0.334 e. The average Bonchev–Trinajstić information content (AvgIpc) is 2.46. The minimum Gasteiger partial charge on any atom is -0.479 e. The average molecular weight is 277 g/mol. The van der Waals surface area contributed by atoms with Gasteiger partial charge in [-0.15, -0.1) is 0 Å². The number of hydrogen-bond acceptors (Lipinski definition) is 4. The third kappa shape index (κ3) is 3.70. The molecule has 1 aromatic rings. The van der Waals surface area contributed by atoms with Gasteiger partial charge in [-0.2, -0.15) is 5.26 Å². The van der Waals surface area contributed by atoms with E-state index in [9.17, 15) is 9.59 Å². The highest BCUT2D eigenvalue weighted by molar-refractivity contribution is 5.93. The highest BCUT2D eigenvalue weighted by atomic mass is 16.5. The highest BCUT2D eigenvalue weighted by Crippen LogP contribution is 2.17. The van der Waals surface area contributed by atoms with Gasteiger partial charge in [-0.25, -0.2) is 9.59 Å². The number of hydrogen-bond donors (Lipinski definition) is 2. The Kier molecular flexibility index (Phi) is 5.50. The number of amides is 2. The number of carboxylic acid groups (broad SMARTS) is 1. The summed E-state index contributed by atoms with van der Waals surface area (Å²) >= 11 is 0. The number of methoxy groups -OCH3 is 1. The van der Waals surface area contributed by atoms with E-state index >= 15 is 0 Å². The van der Waals surface area contributed by atoms with Crippen LogP contribution in [0.1, 0.15) is 5.56 Å². The monoisotopic (exact) mass is 277 g/mol. The first-order valence-electron chi connectivity index (χ1n) is 5.77. The Morgan fingerprint density at radius 3 is 2.70 bits per heavy atom. The number of carboxylic acids is 1. The summed E-state index contributed by atoms with van der Waals surface area (Å²) in [6.45, 7) is -0.163. The Balaban J connectivity index is 2.73. The Morgan fingerprint density at radius 2 is 2.15 bits per heavy atom. The largest absolute Gasteiger partial charge is 0.479 e. The third-order valence-corrected chi connectivity index (χ3v) is 2.69. The molecule has 0 aliphatic rings. The van der Waals surface area contributed by atoms with Crippen LogP contribution in [0.2, 0.25) is 0 Å². The van der Waals surface area contributed by atoms with Crippen molar-refractivity contribution in [2.24, 2.45) is 0 Å². The Bertz CT molecular complexity index is 539. The Labute approximate surface area is 116 Å². The predicted octanol–water partition coefficient (Wildman–Crippen LogP) is 0.804. The number of para-hydroxylation sites is 1. The molecular weight excluding hydrogens is 262 g/mol. The molecule has 20 heavy (non-hydrogen) atoms. The second-order valence-electron chi connectivity index (χ2n) is 3.94. The van der Waals surface area contributed by atoms with Crippen LogP contribution < -0.4 is 10.2 Å². The zero-order valence-electron chi connectivity index (χ0n) is 11.2. The van der Waals surface area contributed by atoms with Crippen LogP contribution in [0.5, 0.6) is 0 Å². The van der Waals surface area contributed by atoms with Crippen molar-refractivity contribution in [3.05, 3.63) is 29.8 Å². The van der Waals surface area contributed by atoms with Gasteiger partial charge >= 0.3 is 12.0 Å². The predicted molar refractivity (Wildman–Crippen MR) is 71.4 cm³/mol. The summed E-state index contributed by atoms with van der Waals surface area (Å²) in [7, 11) is 2.74. The Morgan fingerprint density at radius 1 is 1.50 bits per heavy atom. The number of rotatable bonds is 5. The molecule has 0 heterocycles. The van der Waals surface area contributed by atoms with E-state index in [-0.39, 0.29) is 6.54 Å². The lowest BCUT2D eigenvalue weighted by molar-refractivity contribution is -0.147. The molecule has 106 valence electrons. The van der Waals surface area contributed by atoms with E-state index in [4.69, 9.17) is 15.1 Å². The van der Waals surface area contributed by atoms with Crippen molar-refractivity contribution in [1.29, 1.82) is 5.26 Å². The molecule has 0 bridgehead atoms. The zero-order valence-corrected chi connectivity index (χ0v) is 11.2. The number of nitriles is 1. The molecule has 0 aliphatic carbocycles. The SMILES string of the molecule is COC(CNC(=O)N(C)c1ccccc1C#N)C(=O)O. The van der Waals surface area contributed by atoms with Crippen LogP contribution in [-0.2, 0) is 9.53 Å². The number of ether oxygens (including phenoxy) is 1. The molecule has 1 atom stereocenters. The molecule has 7 nitrogen and oxygen atoms in total. The van der Waals surface area contributed by atoms with Crippen LogP contribution in [0.3, 0.4) is 0 Å².